The Morgan fingerprint density at radius 3 is 2.46 bits per heavy atom. The zero-order chi connectivity index (χ0) is 19.3. The van der Waals surface area contributed by atoms with Gasteiger partial charge in [0.05, 0.1) is 21.8 Å². The van der Waals surface area contributed by atoms with Gasteiger partial charge in [-0.25, -0.2) is 0 Å². The summed E-state index contributed by atoms with van der Waals surface area (Å²) >= 11 is 0. The van der Waals surface area contributed by atoms with Gasteiger partial charge >= 0.3 is 5.69 Å². The van der Waals surface area contributed by atoms with E-state index in [9.17, 15) is 25.0 Å². The third kappa shape index (κ3) is 2.46. The fourth-order valence-corrected chi connectivity index (χ4v) is 4.39. The van der Waals surface area contributed by atoms with Crippen LogP contribution in [0.1, 0.15) is 33.6 Å². The zero-order valence-corrected chi connectivity index (χ0v) is 14.8. The first-order chi connectivity index (χ1) is 12.1. The van der Waals surface area contributed by atoms with E-state index in [1.165, 1.54) is 12.3 Å². The second-order valence-corrected chi connectivity index (χ2v) is 7.69. The molecule has 1 aromatic rings. The molecular formula is C17H20N4O5. The maximum Gasteiger partial charge on any atom is 0.301 e. The Morgan fingerprint density at radius 1 is 1.23 bits per heavy atom. The van der Waals surface area contributed by atoms with Crippen LogP contribution < -0.4 is 5.43 Å². The molecule has 9 heteroatoms. The topological polar surface area (TPSA) is 128 Å². The van der Waals surface area contributed by atoms with Crippen LogP contribution in [0, 0.1) is 42.9 Å². The predicted octanol–water partition coefficient (Wildman–Crippen LogP) is 3.54. The molecular weight excluding hydrogens is 340 g/mol. The summed E-state index contributed by atoms with van der Waals surface area (Å²) < 4.78 is 0. The predicted molar refractivity (Wildman–Crippen MR) is 95.0 cm³/mol. The molecule has 0 amide bonds. The fraction of sp³-hybridized carbons (Fsp3) is 0.529. The maximum atomic E-state index is 12.7. The summed E-state index contributed by atoms with van der Waals surface area (Å²) in [6, 6.07) is 3.28. The van der Waals surface area contributed by atoms with Gasteiger partial charge in [0.1, 0.15) is 11.5 Å². The van der Waals surface area contributed by atoms with E-state index >= 15 is 0 Å². The highest BCUT2D eigenvalue weighted by Crippen LogP contribution is 2.65. The van der Waals surface area contributed by atoms with Crippen molar-refractivity contribution in [1.82, 2.24) is 0 Å². The molecule has 138 valence electrons. The van der Waals surface area contributed by atoms with Crippen LogP contribution in [-0.2, 0) is 4.79 Å². The fourth-order valence-electron chi connectivity index (χ4n) is 4.39. The zero-order valence-electron chi connectivity index (χ0n) is 14.8. The molecule has 3 atom stereocenters. The van der Waals surface area contributed by atoms with Gasteiger partial charge in [-0.15, -0.1) is 0 Å². The second kappa shape index (κ2) is 5.86. The normalized spacial score (nSPS) is 29.3. The Bertz CT molecular complexity index is 834. The molecule has 1 N–H and O–H groups in total. The van der Waals surface area contributed by atoms with Crippen LogP contribution in [0.4, 0.5) is 17.1 Å². The number of rotatable bonds is 5. The van der Waals surface area contributed by atoms with Gasteiger partial charge in [-0.05, 0) is 30.2 Å². The molecule has 0 saturated heterocycles. The summed E-state index contributed by atoms with van der Waals surface area (Å²) in [6.07, 6.45) is 3.34. The van der Waals surface area contributed by atoms with E-state index in [-0.39, 0.29) is 39.8 Å². The summed E-state index contributed by atoms with van der Waals surface area (Å²) in [7, 11) is 0. The number of carbonyl (C=O) groups excluding carboxylic acids is 1. The van der Waals surface area contributed by atoms with Crippen molar-refractivity contribution in [3.05, 3.63) is 38.4 Å². The van der Waals surface area contributed by atoms with Crippen molar-refractivity contribution in [3.63, 3.8) is 0 Å². The largest absolute Gasteiger partial charge is 0.301 e. The number of nitro benzene ring substituents is 2. The molecule has 2 saturated carbocycles. The summed E-state index contributed by atoms with van der Waals surface area (Å²) in [5.74, 6) is 0.0215. The second-order valence-electron chi connectivity index (χ2n) is 7.69. The van der Waals surface area contributed by atoms with Crippen molar-refractivity contribution in [3.8, 4) is 0 Å². The lowest BCUT2D eigenvalue weighted by Crippen LogP contribution is -2.33. The number of carbonyl (C=O) groups is 1. The number of hydrogen-bond donors (Lipinski definition) is 1. The molecule has 9 nitrogen and oxygen atoms in total. The van der Waals surface area contributed by atoms with E-state index in [1.54, 1.807) is 0 Å². The first kappa shape index (κ1) is 18.0. The average molecular weight is 360 g/mol. The van der Waals surface area contributed by atoms with Crippen molar-refractivity contribution in [1.29, 1.82) is 0 Å². The van der Waals surface area contributed by atoms with Crippen LogP contribution in [0.5, 0.6) is 0 Å². The Morgan fingerprint density at radius 2 is 1.92 bits per heavy atom. The minimum atomic E-state index is -0.711. The van der Waals surface area contributed by atoms with Crippen LogP contribution in [-0.4, -0.2) is 21.8 Å². The average Bonchev–Trinajstić information content (AvgIpc) is 2.88. The van der Waals surface area contributed by atoms with Crippen molar-refractivity contribution >= 4 is 29.1 Å². The first-order valence-electron chi connectivity index (χ1n) is 8.36. The highest BCUT2D eigenvalue weighted by Gasteiger charge is 2.65. The number of nitro groups is 2. The minimum absolute atomic E-state index is 0.0397. The van der Waals surface area contributed by atoms with Gasteiger partial charge in [0.25, 0.3) is 5.69 Å². The van der Waals surface area contributed by atoms with Gasteiger partial charge in [0.15, 0.2) is 0 Å². The van der Waals surface area contributed by atoms with Gasteiger partial charge in [-0.1, -0.05) is 20.8 Å². The van der Waals surface area contributed by atoms with E-state index in [0.717, 1.165) is 25.0 Å². The van der Waals surface area contributed by atoms with Crippen LogP contribution in [0.15, 0.2) is 23.3 Å². The molecule has 0 aromatic heterocycles. The van der Waals surface area contributed by atoms with E-state index in [4.69, 9.17) is 0 Å². The lowest BCUT2D eigenvalue weighted by atomic mass is 9.70. The minimum Gasteiger partial charge on any atom is -0.298 e. The molecule has 2 aliphatic carbocycles. The van der Waals surface area contributed by atoms with Crippen molar-refractivity contribution < 1.29 is 14.6 Å². The smallest absolute Gasteiger partial charge is 0.298 e. The SMILES string of the molecule is CC1(C)[C@H]2CC[C@@]1(C)C(=O)[C@@H]2/C=N/Nc1ccc([N+](=O)[O-])cc1[N+](=O)[O-]. The highest BCUT2D eigenvalue weighted by molar-refractivity contribution is 6.02. The van der Waals surface area contributed by atoms with E-state index in [2.05, 4.69) is 24.4 Å². The molecule has 2 bridgehead atoms. The molecule has 3 rings (SSSR count). The number of hydrazone groups is 1. The molecule has 2 aliphatic rings. The monoisotopic (exact) mass is 360 g/mol. The Hall–Kier alpha value is -2.84. The summed E-state index contributed by atoms with van der Waals surface area (Å²) in [5.41, 5.74) is 1.31. The number of fused-ring (bicyclic) bond motifs is 2. The molecule has 0 unspecified atom stereocenters. The van der Waals surface area contributed by atoms with Gasteiger partial charge in [0.2, 0.25) is 0 Å². The molecule has 0 spiro atoms. The van der Waals surface area contributed by atoms with E-state index in [1.807, 2.05) is 6.92 Å². The number of non-ortho nitro benzene ring substituents is 1. The van der Waals surface area contributed by atoms with E-state index < -0.39 is 15.5 Å². The third-order valence-electron chi connectivity index (χ3n) is 6.39. The Labute approximate surface area is 149 Å². The van der Waals surface area contributed by atoms with Gasteiger partial charge < -0.3 is 0 Å². The van der Waals surface area contributed by atoms with Crippen LogP contribution >= 0.6 is 0 Å². The number of ketones is 1. The summed E-state index contributed by atoms with van der Waals surface area (Å²) in [4.78, 5) is 33.2. The molecule has 1 aromatic carbocycles. The number of benzene rings is 1. The molecule has 0 radical (unpaired) electrons. The van der Waals surface area contributed by atoms with Crippen molar-refractivity contribution in [2.24, 2.45) is 27.8 Å². The molecule has 0 heterocycles. The third-order valence-corrected chi connectivity index (χ3v) is 6.39. The summed E-state index contributed by atoms with van der Waals surface area (Å²) in [6.45, 7) is 6.20. The first-order valence-corrected chi connectivity index (χ1v) is 8.36. The van der Waals surface area contributed by atoms with Crippen molar-refractivity contribution in [2.45, 2.75) is 33.6 Å². The Balaban J connectivity index is 1.81. The summed E-state index contributed by atoms with van der Waals surface area (Å²) in [5, 5.41) is 25.9. The number of hydrogen-bond acceptors (Lipinski definition) is 7. The van der Waals surface area contributed by atoms with Crippen LogP contribution in [0.25, 0.3) is 0 Å². The van der Waals surface area contributed by atoms with Gasteiger partial charge in [-0.2, -0.15) is 5.10 Å². The quantitative estimate of drug-likeness (QED) is 0.486. The lowest BCUT2D eigenvalue weighted by molar-refractivity contribution is -0.393. The molecule has 2 fully saturated rings. The van der Waals surface area contributed by atoms with Gasteiger partial charge in [0, 0.05) is 17.7 Å². The van der Waals surface area contributed by atoms with E-state index in [0.29, 0.717) is 0 Å². The van der Waals surface area contributed by atoms with Crippen LogP contribution in [0.2, 0.25) is 0 Å². The standard InChI is InChI=1S/C17H20N4O5/c1-16(2)12-6-7-17(16,3)15(22)11(12)9-18-19-13-5-4-10(20(23)24)8-14(13)21(25)26/h4-5,8-9,11-12,19H,6-7H2,1-3H3/b18-9+/t11-,12+,17+/m1/s1. The highest BCUT2D eigenvalue weighted by atomic mass is 16.6. The Kier molecular flexibility index (Phi) is 4.05. The van der Waals surface area contributed by atoms with Crippen molar-refractivity contribution in [2.75, 3.05) is 5.43 Å². The van der Waals surface area contributed by atoms with Crippen LogP contribution in [0.3, 0.4) is 0 Å². The number of nitrogens with zero attached hydrogens (tertiary/aromatic N) is 3. The number of anilines is 1. The number of nitrogens with one attached hydrogen (secondary N) is 1. The van der Waals surface area contributed by atoms with Gasteiger partial charge in [-0.3, -0.25) is 30.4 Å². The number of Topliss-reactive ketones (excluding diaryl/α,β-unsaturated/α-hetero) is 1. The molecule has 26 heavy (non-hydrogen) atoms. The molecule has 0 aliphatic heterocycles. The maximum absolute atomic E-state index is 12.7. The lowest BCUT2D eigenvalue weighted by Gasteiger charge is -2.32.